The molecule has 1 aliphatic heterocycles. The van der Waals surface area contributed by atoms with Gasteiger partial charge in [-0.25, -0.2) is 0 Å². The highest BCUT2D eigenvalue weighted by Gasteiger charge is 2.23. The van der Waals surface area contributed by atoms with E-state index in [1.165, 1.54) is 11.3 Å². The zero-order valence-corrected chi connectivity index (χ0v) is 17.0. The van der Waals surface area contributed by atoms with Crippen molar-refractivity contribution in [1.82, 2.24) is 15.5 Å². The minimum Gasteiger partial charge on any atom is -0.379 e. The van der Waals surface area contributed by atoms with Crippen LogP contribution in [0.2, 0.25) is 0 Å². The minimum absolute atomic E-state index is 0.372. The number of thiophene rings is 1. The van der Waals surface area contributed by atoms with Crippen molar-refractivity contribution in [3.8, 4) is 0 Å². The first-order valence-corrected chi connectivity index (χ1v) is 10.2. The van der Waals surface area contributed by atoms with Gasteiger partial charge in [-0.05, 0) is 29.7 Å². The van der Waals surface area contributed by atoms with E-state index < -0.39 is 0 Å². The van der Waals surface area contributed by atoms with E-state index in [1.54, 1.807) is 0 Å². The largest absolute Gasteiger partial charge is 0.379 e. The lowest BCUT2D eigenvalue weighted by molar-refractivity contribution is 0.0177. The third-order valence-electron chi connectivity index (χ3n) is 4.44. The molecule has 1 aromatic rings. The molecule has 0 aliphatic carbocycles. The molecule has 0 radical (unpaired) electrons. The summed E-state index contributed by atoms with van der Waals surface area (Å²) in [5.41, 5.74) is 0.388. The third-order valence-corrected chi connectivity index (χ3v) is 5.41. The monoisotopic (exact) mass is 366 g/mol. The van der Waals surface area contributed by atoms with Crippen LogP contribution >= 0.6 is 11.3 Å². The van der Waals surface area contributed by atoms with Crippen molar-refractivity contribution in [2.24, 2.45) is 10.4 Å². The van der Waals surface area contributed by atoms with Crippen LogP contribution in [0.25, 0.3) is 0 Å². The van der Waals surface area contributed by atoms with Crippen LogP contribution in [0.4, 0.5) is 0 Å². The van der Waals surface area contributed by atoms with Gasteiger partial charge >= 0.3 is 0 Å². The molecule has 2 N–H and O–H groups in total. The van der Waals surface area contributed by atoms with E-state index in [0.717, 1.165) is 51.8 Å². The molecular weight excluding hydrogens is 332 g/mol. The van der Waals surface area contributed by atoms with Crippen molar-refractivity contribution in [1.29, 1.82) is 0 Å². The van der Waals surface area contributed by atoms with E-state index >= 15 is 0 Å². The fourth-order valence-corrected chi connectivity index (χ4v) is 3.88. The Morgan fingerprint density at radius 3 is 2.68 bits per heavy atom. The number of hydrogen-bond acceptors (Lipinski definition) is 4. The average Bonchev–Trinajstić information content (AvgIpc) is 3.11. The first kappa shape index (κ1) is 20.2. The molecule has 0 saturated carbocycles. The van der Waals surface area contributed by atoms with E-state index in [2.05, 4.69) is 58.8 Å². The van der Waals surface area contributed by atoms with Crippen LogP contribution in [0.3, 0.4) is 0 Å². The van der Waals surface area contributed by atoms with Crippen LogP contribution in [0, 0.1) is 5.41 Å². The van der Waals surface area contributed by atoms with Gasteiger partial charge in [-0.3, -0.25) is 9.89 Å². The van der Waals surface area contributed by atoms with Crippen molar-refractivity contribution in [2.75, 3.05) is 46.4 Å². The van der Waals surface area contributed by atoms with Gasteiger partial charge in [0.25, 0.3) is 0 Å². The molecule has 2 rings (SSSR count). The normalized spacial score (nSPS) is 18.2. The highest BCUT2D eigenvalue weighted by atomic mass is 32.1. The molecule has 0 aromatic carbocycles. The molecule has 0 bridgehead atoms. The summed E-state index contributed by atoms with van der Waals surface area (Å²) in [4.78, 5) is 8.28. The van der Waals surface area contributed by atoms with Crippen LogP contribution in [-0.4, -0.2) is 57.3 Å². The molecule has 0 spiro atoms. The molecule has 142 valence electrons. The number of morpholine rings is 1. The lowest BCUT2D eigenvalue weighted by atomic mass is 9.91. The maximum Gasteiger partial charge on any atom is 0.191 e. The molecule has 1 aliphatic rings. The smallest absolute Gasteiger partial charge is 0.191 e. The quantitative estimate of drug-likeness (QED) is 0.442. The number of ether oxygens (including phenoxy) is 1. The molecule has 2 heterocycles. The molecule has 0 amide bonds. The van der Waals surface area contributed by atoms with Crippen LogP contribution in [-0.2, 0) is 4.74 Å². The standard InChI is InChI=1S/C19H34N4OS/c1-19(2,3)8-6-9-21-18(20-4)22-15-16(17-7-5-14-25-17)23-10-12-24-13-11-23/h5,7,14,16H,6,8-13,15H2,1-4H3,(H2,20,21,22). The van der Waals surface area contributed by atoms with Gasteiger partial charge in [-0.15, -0.1) is 11.3 Å². The van der Waals surface area contributed by atoms with Crippen molar-refractivity contribution in [3.05, 3.63) is 22.4 Å². The van der Waals surface area contributed by atoms with Crippen molar-refractivity contribution < 1.29 is 4.74 Å². The number of aliphatic imine (C=N–C) groups is 1. The number of nitrogens with one attached hydrogen (secondary N) is 2. The zero-order chi connectivity index (χ0) is 18.1. The zero-order valence-electron chi connectivity index (χ0n) is 16.2. The predicted octanol–water partition coefficient (Wildman–Crippen LogP) is 3.11. The van der Waals surface area contributed by atoms with Gasteiger partial charge in [-0.2, -0.15) is 0 Å². The fourth-order valence-electron chi connectivity index (χ4n) is 3.02. The Bertz CT molecular complexity index is 504. The van der Waals surface area contributed by atoms with Gasteiger partial charge in [0.1, 0.15) is 0 Å². The molecule has 1 saturated heterocycles. The Hall–Kier alpha value is -1.11. The van der Waals surface area contributed by atoms with E-state index in [1.807, 2.05) is 18.4 Å². The summed E-state index contributed by atoms with van der Waals surface area (Å²) in [6.45, 7) is 12.3. The summed E-state index contributed by atoms with van der Waals surface area (Å²) in [7, 11) is 1.84. The number of hydrogen-bond donors (Lipinski definition) is 2. The molecule has 1 atom stereocenters. The molecule has 6 heteroatoms. The topological polar surface area (TPSA) is 48.9 Å². The number of nitrogens with zero attached hydrogens (tertiary/aromatic N) is 2. The van der Waals surface area contributed by atoms with Crippen LogP contribution in [0.15, 0.2) is 22.5 Å². The van der Waals surface area contributed by atoms with Crippen molar-refractivity contribution in [3.63, 3.8) is 0 Å². The molecule has 5 nitrogen and oxygen atoms in total. The Morgan fingerprint density at radius 2 is 2.08 bits per heavy atom. The lowest BCUT2D eigenvalue weighted by Crippen LogP contribution is -2.46. The predicted molar refractivity (Wildman–Crippen MR) is 108 cm³/mol. The van der Waals surface area contributed by atoms with Gasteiger partial charge in [-0.1, -0.05) is 26.8 Å². The van der Waals surface area contributed by atoms with Gasteiger partial charge in [0.15, 0.2) is 5.96 Å². The van der Waals surface area contributed by atoms with Gasteiger partial charge in [0, 0.05) is 38.1 Å². The molecule has 25 heavy (non-hydrogen) atoms. The fraction of sp³-hybridized carbons (Fsp3) is 0.737. The molecule has 1 aromatic heterocycles. The summed E-state index contributed by atoms with van der Waals surface area (Å²) in [5, 5.41) is 9.12. The first-order chi connectivity index (χ1) is 12.0. The SMILES string of the molecule is CN=C(NCCCC(C)(C)C)NCC(c1cccs1)N1CCOCC1. The van der Waals surface area contributed by atoms with E-state index in [9.17, 15) is 0 Å². The molecule has 1 fully saturated rings. The Morgan fingerprint density at radius 1 is 1.32 bits per heavy atom. The second-order valence-electron chi connectivity index (χ2n) is 7.72. The van der Waals surface area contributed by atoms with Crippen LogP contribution in [0.5, 0.6) is 0 Å². The summed E-state index contributed by atoms with van der Waals surface area (Å²) in [6, 6.07) is 4.73. The maximum absolute atomic E-state index is 5.51. The average molecular weight is 367 g/mol. The van der Waals surface area contributed by atoms with E-state index in [-0.39, 0.29) is 0 Å². The van der Waals surface area contributed by atoms with Crippen LogP contribution in [0.1, 0.15) is 44.5 Å². The summed E-state index contributed by atoms with van der Waals surface area (Å²) >= 11 is 1.83. The Balaban J connectivity index is 1.83. The second-order valence-corrected chi connectivity index (χ2v) is 8.70. The Labute approximate surface area is 156 Å². The Kier molecular flexibility index (Phi) is 8.19. The van der Waals surface area contributed by atoms with Crippen LogP contribution < -0.4 is 10.6 Å². The van der Waals surface area contributed by atoms with E-state index in [4.69, 9.17) is 4.74 Å². The molecule has 1 unspecified atom stereocenters. The third kappa shape index (κ3) is 7.34. The van der Waals surface area contributed by atoms with Gasteiger partial charge in [0.05, 0.1) is 19.3 Å². The molecular formula is C19H34N4OS. The highest BCUT2D eigenvalue weighted by Crippen LogP contribution is 2.25. The summed E-state index contributed by atoms with van der Waals surface area (Å²) in [5.74, 6) is 0.892. The van der Waals surface area contributed by atoms with E-state index in [0.29, 0.717) is 11.5 Å². The maximum atomic E-state index is 5.51. The van der Waals surface area contributed by atoms with Gasteiger partial charge in [0.2, 0.25) is 0 Å². The second kappa shape index (κ2) is 10.1. The van der Waals surface area contributed by atoms with Crippen molar-refractivity contribution >= 4 is 17.3 Å². The highest BCUT2D eigenvalue weighted by molar-refractivity contribution is 7.10. The number of rotatable bonds is 7. The lowest BCUT2D eigenvalue weighted by Gasteiger charge is -2.34. The minimum atomic E-state index is 0.372. The van der Waals surface area contributed by atoms with Gasteiger partial charge < -0.3 is 15.4 Å². The van der Waals surface area contributed by atoms with Crippen molar-refractivity contribution in [2.45, 2.75) is 39.7 Å². The summed E-state index contributed by atoms with van der Waals surface area (Å²) in [6.07, 6.45) is 2.37. The summed E-state index contributed by atoms with van der Waals surface area (Å²) < 4.78 is 5.51. The number of guanidine groups is 1. The first-order valence-electron chi connectivity index (χ1n) is 9.29.